The maximum absolute atomic E-state index is 13.3. The van der Waals surface area contributed by atoms with Crippen LogP contribution in [0.2, 0.25) is 0 Å². The second-order valence-corrected chi connectivity index (χ2v) is 7.25. The van der Waals surface area contributed by atoms with Gasteiger partial charge in [-0.25, -0.2) is 4.39 Å². The summed E-state index contributed by atoms with van der Waals surface area (Å²) in [5.74, 6) is 0.375. The third kappa shape index (κ3) is 3.38. The largest absolute Gasteiger partial charge is 0.489 e. The van der Waals surface area contributed by atoms with Crippen LogP contribution in [-0.2, 0) is 4.79 Å². The summed E-state index contributed by atoms with van der Waals surface area (Å²) in [5, 5.41) is 5.02. The summed E-state index contributed by atoms with van der Waals surface area (Å²) in [4.78, 5) is 13.5. The van der Waals surface area contributed by atoms with Gasteiger partial charge >= 0.3 is 0 Å². The minimum absolute atomic E-state index is 0.0345. The summed E-state index contributed by atoms with van der Waals surface area (Å²) in [6, 6.07) is 14.1. The summed E-state index contributed by atoms with van der Waals surface area (Å²) in [7, 11) is 0. The number of rotatable bonds is 5. The van der Waals surface area contributed by atoms with Gasteiger partial charge in [-0.15, -0.1) is 11.3 Å². The van der Waals surface area contributed by atoms with Crippen molar-refractivity contribution in [1.29, 1.82) is 0 Å². The van der Waals surface area contributed by atoms with E-state index in [0.717, 1.165) is 33.0 Å². The lowest BCUT2D eigenvalue weighted by Gasteiger charge is -2.25. The fourth-order valence-electron chi connectivity index (χ4n) is 3.37. The number of carbonyl (C=O) groups is 1. The molecular formula is C22H18FNO2S. The highest BCUT2D eigenvalue weighted by Crippen LogP contribution is 2.48. The normalized spacial score (nSPS) is 15.7. The van der Waals surface area contributed by atoms with Gasteiger partial charge in [0.1, 0.15) is 18.2 Å². The number of para-hydroxylation sites is 1. The van der Waals surface area contributed by atoms with E-state index in [9.17, 15) is 9.18 Å². The molecule has 4 rings (SSSR count). The van der Waals surface area contributed by atoms with Crippen LogP contribution in [0.4, 0.5) is 10.1 Å². The number of halogens is 1. The molecule has 0 unspecified atom stereocenters. The van der Waals surface area contributed by atoms with Crippen molar-refractivity contribution >= 4 is 22.9 Å². The number of nitrogens with one attached hydrogen (secondary N) is 1. The Kier molecular flexibility index (Phi) is 4.77. The molecule has 0 spiro atoms. The van der Waals surface area contributed by atoms with Crippen LogP contribution in [0.5, 0.6) is 5.75 Å². The number of thiophene rings is 1. The van der Waals surface area contributed by atoms with E-state index in [4.69, 9.17) is 4.74 Å². The number of anilines is 1. The van der Waals surface area contributed by atoms with E-state index in [0.29, 0.717) is 13.0 Å². The minimum atomic E-state index is -0.280. The van der Waals surface area contributed by atoms with Crippen molar-refractivity contribution < 1.29 is 13.9 Å². The van der Waals surface area contributed by atoms with Gasteiger partial charge < -0.3 is 10.1 Å². The maximum Gasteiger partial charge on any atom is 0.225 e. The van der Waals surface area contributed by atoms with E-state index in [1.165, 1.54) is 12.1 Å². The smallest absolute Gasteiger partial charge is 0.225 e. The van der Waals surface area contributed by atoms with Crippen molar-refractivity contribution in [3.8, 4) is 16.9 Å². The first-order chi connectivity index (χ1) is 13.2. The summed E-state index contributed by atoms with van der Waals surface area (Å²) in [5.41, 5.74) is 3.60. The molecule has 1 aliphatic rings. The molecule has 136 valence electrons. The molecule has 0 radical (unpaired) electrons. The average molecular weight is 379 g/mol. The van der Waals surface area contributed by atoms with Gasteiger partial charge in [0.05, 0.1) is 5.69 Å². The highest BCUT2D eigenvalue weighted by molar-refractivity contribution is 7.11. The summed E-state index contributed by atoms with van der Waals surface area (Å²) in [6.07, 6.45) is 2.07. The molecule has 0 bridgehead atoms. The van der Waals surface area contributed by atoms with Crippen molar-refractivity contribution in [3.63, 3.8) is 0 Å². The van der Waals surface area contributed by atoms with Crippen molar-refractivity contribution in [2.75, 3.05) is 11.9 Å². The van der Waals surface area contributed by atoms with E-state index in [2.05, 4.69) is 11.9 Å². The maximum atomic E-state index is 13.3. The Labute approximate surface area is 161 Å². The Morgan fingerprint density at radius 3 is 2.78 bits per heavy atom. The first-order valence-corrected chi connectivity index (χ1v) is 9.55. The lowest BCUT2D eigenvalue weighted by Crippen LogP contribution is -2.22. The third-order valence-corrected chi connectivity index (χ3v) is 5.69. The number of hydrogen-bond donors (Lipinski definition) is 1. The van der Waals surface area contributed by atoms with Crippen LogP contribution in [-0.4, -0.2) is 12.5 Å². The van der Waals surface area contributed by atoms with Gasteiger partial charge in [0, 0.05) is 33.7 Å². The Morgan fingerprint density at radius 1 is 1.22 bits per heavy atom. The zero-order chi connectivity index (χ0) is 18.8. The van der Waals surface area contributed by atoms with Crippen molar-refractivity contribution in [2.45, 2.75) is 12.3 Å². The second-order valence-electron chi connectivity index (χ2n) is 6.34. The monoisotopic (exact) mass is 379 g/mol. The molecule has 3 aromatic rings. The predicted octanol–water partition coefficient (Wildman–Crippen LogP) is 5.59. The number of benzene rings is 2. The SMILES string of the molecule is C=CCOc1ccccc1[C@@H]1CC(=O)Nc2c(-c3ccc(F)cc3)csc21. The molecular weight excluding hydrogens is 361 g/mol. The zero-order valence-electron chi connectivity index (χ0n) is 14.6. The molecule has 2 aromatic carbocycles. The van der Waals surface area contributed by atoms with Crippen molar-refractivity contribution in [1.82, 2.24) is 0 Å². The third-order valence-electron chi connectivity index (χ3n) is 4.60. The fraction of sp³-hybridized carbons (Fsp3) is 0.136. The van der Waals surface area contributed by atoms with Gasteiger partial charge in [-0.2, -0.15) is 0 Å². The van der Waals surface area contributed by atoms with Gasteiger partial charge in [-0.1, -0.05) is 43.0 Å². The van der Waals surface area contributed by atoms with E-state index < -0.39 is 0 Å². The van der Waals surface area contributed by atoms with Crippen molar-refractivity contribution in [2.24, 2.45) is 0 Å². The molecule has 1 aliphatic heterocycles. The second kappa shape index (κ2) is 7.37. The molecule has 1 amide bonds. The number of fused-ring (bicyclic) bond motifs is 1. The highest BCUT2D eigenvalue weighted by atomic mass is 32.1. The zero-order valence-corrected chi connectivity index (χ0v) is 15.4. The Balaban J connectivity index is 1.78. The van der Waals surface area contributed by atoms with Crippen LogP contribution in [0.3, 0.4) is 0 Å². The van der Waals surface area contributed by atoms with Gasteiger partial charge in [0.15, 0.2) is 0 Å². The predicted molar refractivity (Wildman–Crippen MR) is 107 cm³/mol. The first-order valence-electron chi connectivity index (χ1n) is 8.67. The van der Waals surface area contributed by atoms with Crippen LogP contribution in [0.25, 0.3) is 11.1 Å². The standard InChI is InChI=1S/C22H18FNO2S/c1-2-11-26-19-6-4-3-5-16(19)17-12-20(25)24-21-18(13-27-22(17)21)14-7-9-15(23)10-8-14/h2-10,13,17H,1,11-12H2,(H,24,25)/t17-/m0/s1. The molecule has 1 aromatic heterocycles. The Bertz CT molecular complexity index is 994. The molecule has 0 fully saturated rings. The molecule has 5 heteroatoms. The molecule has 2 heterocycles. The van der Waals surface area contributed by atoms with Gasteiger partial charge in [-0.3, -0.25) is 4.79 Å². The molecule has 3 nitrogen and oxygen atoms in total. The van der Waals surface area contributed by atoms with Crippen molar-refractivity contribution in [3.05, 3.63) is 82.8 Å². The summed E-state index contributed by atoms with van der Waals surface area (Å²) < 4.78 is 19.1. The Hall–Kier alpha value is -2.92. The minimum Gasteiger partial charge on any atom is -0.489 e. The molecule has 0 saturated heterocycles. The first kappa shape index (κ1) is 17.5. The molecule has 0 aliphatic carbocycles. The highest BCUT2D eigenvalue weighted by Gasteiger charge is 2.32. The molecule has 27 heavy (non-hydrogen) atoms. The van der Waals surface area contributed by atoms with Crippen LogP contribution >= 0.6 is 11.3 Å². The van der Waals surface area contributed by atoms with Gasteiger partial charge in [0.25, 0.3) is 0 Å². The number of amides is 1. The number of hydrogen-bond acceptors (Lipinski definition) is 3. The van der Waals surface area contributed by atoms with Crippen LogP contribution in [0.1, 0.15) is 22.8 Å². The molecule has 0 saturated carbocycles. The summed E-state index contributed by atoms with van der Waals surface area (Å²) in [6.45, 7) is 4.11. The van der Waals surface area contributed by atoms with Crippen LogP contribution < -0.4 is 10.1 Å². The topological polar surface area (TPSA) is 38.3 Å². The van der Waals surface area contributed by atoms with E-state index in [1.54, 1.807) is 29.5 Å². The van der Waals surface area contributed by atoms with Gasteiger partial charge in [0.2, 0.25) is 5.91 Å². The lowest BCUT2D eigenvalue weighted by molar-refractivity contribution is -0.116. The number of carbonyl (C=O) groups excluding carboxylic acids is 1. The van der Waals surface area contributed by atoms with E-state index in [-0.39, 0.29) is 17.6 Å². The molecule has 1 N–H and O–H groups in total. The van der Waals surface area contributed by atoms with Crippen LogP contribution in [0, 0.1) is 5.82 Å². The number of ether oxygens (including phenoxy) is 1. The fourth-order valence-corrected chi connectivity index (χ4v) is 4.52. The van der Waals surface area contributed by atoms with Gasteiger partial charge in [-0.05, 0) is 23.8 Å². The van der Waals surface area contributed by atoms with E-state index >= 15 is 0 Å². The Morgan fingerprint density at radius 2 is 2.00 bits per heavy atom. The quantitative estimate of drug-likeness (QED) is 0.587. The average Bonchev–Trinajstić information content (AvgIpc) is 3.10. The lowest BCUT2D eigenvalue weighted by atomic mass is 9.88. The van der Waals surface area contributed by atoms with Crippen LogP contribution in [0.15, 0.2) is 66.6 Å². The van der Waals surface area contributed by atoms with E-state index in [1.807, 2.05) is 29.6 Å². The summed E-state index contributed by atoms with van der Waals surface area (Å²) >= 11 is 1.60. The molecule has 1 atom stereocenters.